The van der Waals surface area contributed by atoms with Gasteiger partial charge in [0.05, 0.1) is 12.8 Å². The predicted molar refractivity (Wildman–Crippen MR) is 54.1 cm³/mol. The lowest BCUT2D eigenvalue weighted by Gasteiger charge is -2.30. The van der Waals surface area contributed by atoms with E-state index in [1.54, 1.807) is 7.11 Å². The highest BCUT2D eigenvalue weighted by atomic mass is 16.5. The van der Waals surface area contributed by atoms with Crippen LogP contribution in [-0.4, -0.2) is 56.3 Å². The molecular weight excluding hydrogens is 182 g/mol. The quantitative estimate of drug-likeness (QED) is 0.637. The maximum atomic E-state index is 8.89. The van der Waals surface area contributed by atoms with E-state index in [-0.39, 0.29) is 6.73 Å². The summed E-state index contributed by atoms with van der Waals surface area (Å²) < 4.78 is 10.6. The van der Waals surface area contributed by atoms with Crippen LogP contribution in [0.25, 0.3) is 0 Å². The number of ether oxygens (including phenoxy) is 2. The van der Waals surface area contributed by atoms with Gasteiger partial charge in [-0.1, -0.05) is 0 Å². The van der Waals surface area contributed by atoms with Gasteiger partial charge in [0.2, 0.25) is 0 Å². The topological polar surface area (TPSA) is 41.9 Å². The fraction of sp³-hybridized carbons (Fsp3) is 1.00. The van der Waals surface area contributed by atoms with Gasteiger partial charge in [-0.2, -0.15) is 0 Å². The van der Waals surface area contributed by atoms with Crippen molar-refractivity contribution < 1.29 is 14.6 Å². The number of aliphatic hydroxyl groups is 1. The predicted octanol–water partition coefficient (Wildman–Crippen LogP) is 0.454. The molecule has 1 fully saturated rings. The molecule has 0 atom stereocenters. The van der Waals surface area contributed by atoms with Gasteiger partial charge in [0.15, 0.2) is 0 Å². The summed E-state index contributed by atoms with van der Waals surface area (Å²) in [4.78, 5) is 2.04. The minimum Gasteiger partial charge on any atom is -0.385 e. The number of methoxy groups -OCH3 is 1. The van der Waals surface area contributed by atoms with Gasteiger partial charge in [0, 0.05) is 33.4 Å². The monoisotopic (exact) mass is 203 g/mol. The summed E-state index contributed by atoms with van der Waals surface area (Å²) in [5.74, 6) is 0. The molecule has 0 radical (unpaired) electrons. The van der Waals surface area contributed by atoms with Gasteiger partial charge in [0.25, 0.3) is 0 Å². The summed E-state index contributed by atoms with van der Waals surface area (Å²) in [6.45, 7) is 3.64. The number of hydrogen-bond acceptors (Lipinski definition) is 4. The van der Waals surface area contributed by atoms with E-state index >= 15 is 0 Å². The summed E-state index contributed by atoms with van der Waals surface area (Å²) in [6.07, 6.45) is 3.42. The lowest BCUT2D eigenvalue weighted by molar-refractivity contribution is -0.0169. The standard InChI is InChI=1S/C10H21NO3/c1-13-7-2-8-14-10-3-5-11(9-12)6-4-10/h10,12H,2-9H2,1H3. The summed E-state index contributed by atoms with van der Waals surface area (Å²) in [5, 5.41) is 8.89. The van der Waals surface area contributed by atoms with Crippen LogP contribution >= 0.6 is 0 Å². The first-order valence-electron chi connectivity index (χ1n) is 5.30. The molecule has 0 bridgehead atoms. The van der Waals surface area contributed by atoms with Crippen molar-refractivity contribution in [1.29, 1.82) is 0 Å². The summed E-state index contributed by atoms with van der Waals surface area (Å²) in [7, 11) is 1.71. The molecule has 0 saturated carbocycles. The fourth-order valence-electron chi connectivity index (χ4n) is 1.67. The van der Waals surface area contributed by atoms with Gasteiger partial charge in [-0.25, -0.2) is 0 Å². The van der Waals surface area contributed by atoms with Crippen LogP contribution in [0.5, 0.6) is 0 Å². The van der Waals surface area contributed by atoms with Gasteiger partial charge in [-0.05, 0) is 19.3 Å². The van der Waals surface area contributed by atoms with Gasteiger partial charge in [-0.15, -0.1) is 0 Å². The molecule has 4 nitrogen and oxygen atoms in total. The molecule has 1 N–H and O–H groups in total. The second-order valence-corrected chi connectivity index (χ2v) is 3.68. The maximum Gasteiger partial charge on any atom is 0.0956 e. The van der Waals surface area contributed by atoms with Crippen LogP contribution in [0.2, 0.25) is 0 Å². The van der Waals surface area contributed by atoms with Crippen LogP contribution in [0.15, 0.2) is 0 Å². The molecule has 1 rings (SSSR count). The first-order valence-corrected chi connectivity index (χ1v) is 5.30. The number of piperidine rings is 1. The SMILES string of the molecule is COCCCOC1CCN(CO)CC1. The molecule has 0 unspecified atom stereocenters. The average Bonchev–Trinajstić information content (AvgIpc) is 2.25. The Morgan fingerprint density at radius 1 is 1.29 bits per heavy atom. The molecule has 14 heavy (non-hydrogen) atoms. The van der Waals surface area contributed by atoms with Crippen molar-refractivity contribution in [3.05, 3.63) is 0 Å². The third-order valence-corrected chi connectivity index (χ3v) is 2.58. The lowest BCUT2D eigenvalue weighted by Crippen LogP contribution is -2.37. The zero-order chi connectivity index (χ0) is 10.2. The molecule has 1 aliphatic rings. The maximum absolute atomic E-state index is 8.89. The van der Waals surface area contributed by atoms with Crippen molar-refractivity contribution in [2.45, 2.75) is 25.4 Å². The molecule has 0 aromatic carbocycles. The zero-order valence-corrected chi connectivity index (χ0v) is 8.95. The number of rotatable bonds is 6. The summed E-state index contributed by atoms with van der Waals surface area (Å²) in [5.41, 5.74) is 0. The first-order chi connectivity index (χ1) is 6.86. The molecule has 84 valence electrons. The molecule has 0 aromatic heterocycles. The summed E-state index contributed by atoms with van der Waals surface area (Å²) in [6, 6.07) is 0. The molecule has 0 aromatic rings. The lowest BCUT2D eigenvalue weighted by atomic mass is 10.1. The van der Waals surface area contributed by atoms with Crippen LogP contribution in [0.3, 0.4) is 0 Å². The number of nitrogens with zero attached hydrogens (tertiary/aromatic N) is 1. The molecule has 4 heteroatoms. The first kappa shape index (κ1) is 11.9. The minimum absolute atomic E-state index is 0.177. The Hall–Kier alpha value is -0.160. The third-order valence-electron chi connectivity index (χ3n) is 2.58. The average molecular weight is 203 g/mol. The van der Waals surface area contributed by atoms with Gasteiger partial charge >= 0.3 is 0 Å². The smallest absolute Gasteiger partial charge is 0.0956 e. The Morgan fingerprint density at radius 2 is 2.00 bits per heavy atom. The zero-order valence-electron chi connectivity index (χ0n) is 8.95. The van der Waals surface area contributed by atoms with E-state index in [0.29, 0.717) is 6.10 Å². The Bertz CT molecular complexity index is 135. The van der Waals surface area contributed by atoms with Gasteiger partial charge in [-0.3, -0.25) is 4.90 Å². The molecule has 0 amide bonds. The molecule has 0 aliphatic carbocycles. The van der Waals surface area contributed by atoms with Crippen LogP contribution in [-0.2, 0) is 9.47 Å². The van der Waals surface area contributed by atoms with E-state index in [0.717, 1.165) is 45.6 Å². The van der Waals surface area contributed by atoms with Crippen LogP contribution in [0, 0.1) is 0 Å². The highest BCUT2D eigenvalue weighted by Crippen LogP contribution is 2.12. The van der Waals surface area contributed by atoms with Gasteiger partial charge < -0.3 is 14.6 Å². The molecule has 1 heterocycles. The van der Waals surface area contributed by atoms with Crippen molar-refractivity contribution >= 4 is 0 Å². The second-order valence-electron chi connectivity index (χ2n) is 3.68. The van der Waals surface area contributed by atoms with E-state index in [2.05, 4.69) is 0 Å². The Morgan fingerprint density at radius 3 is 2.57 bits per heavy atom. The van der Waals surface area contributed by atoms with E-state index < -0.39 is 0 Å². The second kappa shape index (κ2) is 7.17. The number of likely N-dealkylation sites (tertiary alicyclic amines) is 1. The van der Waals surface area contributed by atoms with E-state index in [1.165, 1.54) is 0 Å². The highest BCUT2D eigenvalue weighted by molar-refractivity contribution is 4.70. The van der Waals surface area contributed by atoms with Crippen LogP contribution in [0.4, 0.5) is 0 Å². The molecule has 0 spiro atoms. The normalized spacial score (nSPS) is 20.1. The minimum atomic E-state index is 0.177. The van der Waals surface area contributed by atoms with E-state index in [4.69, 9.17) is 14.6 Å². The largest absolute Gasteiger partial charge is 0.385 e. The number of aliphatic hydroxyl groups excluding tert-OH is 1. The van der Waals surface area contributed by atoms with Crippen molar-refractivity contribution in [3.63, 3.8) is 0 Å². The van der Waals surface area contributed by atoms with Crippen molar-refractivity contribution in [2.24, 2.45) is 0 Å². The third kappa shape index (κ3) is 4.37. The van der Waals surface area contributed by atoms with Crippen molar-refractivity contribution in [2.75, 3.05) is 40.1 Å². The Kier molecular flexibility index (Phi) is 6.10. The van der Waals surface area contributed by atoms with Crippen LogP contribution < -0.4 is 0 Å². The molecule has 1 saturated heterocycles. The number of hydrogen-bond donors (Lipinski definition) is 1. The Balaban J connectivity index is 1.98. The van der Waals surface area contributed by atoms with E-state index in [9.17, 15) is 0 Å². The molecule has 1 aliphatic heterocycles. The van der Waals surface area contributed by atoms with Crippen molar-refractivity contribution in [1.82, 2.24) is 4.90 Å². The Labute approximate surface area is 85.8 Å². The molecular formula is C10H21NO3. The van der Waals surface area contributed by atoms with Gasteiger partial charge in [0.1, 0.15) is 0 Å². The fourth-order valence-corrected chi connectivity index (χ4v) is 1.67. The summed E-state index contributed by atoms with van der Waals surface area (Å²) >= 11 is 0. The van der Waals surface area contributed by atoms with Crippen LogP contribution in [0.1, 0.15) is 19.3 Å². The highest BCUT2D eigenvalue weighted by Gasteiger charge is 2.18. The van der Waals surface area contributed by atoms with Crippen molar-refractivity contribution in [3.8, 4) is 0 Å². The van der Waals surface area contributed by atoms with E-state index in [1.807, 2.05) is 4.90 Å².